The highest BCUT2D eigenvalue weighted by Crippen LogP contribution is 1.97. The molecule has 1 atom stereocenters. The molecule has 3 heteroatoms. The van der Waals surface area contributed by atoms with Crippen LogP contribution in [0.2, 0.25) is 0 Å². The summed E-state index contributed by atoms with van der Waals surface area (Å²) in [6.07, 6.45) is 1.34. The van der Waals surface area contributed by atoms with Gasteiger partial charge in [0, 0.05) is 13.0 Å². The summed E-state index contributed by atoms with van der Waals surface area (Å²) in [7, 11) is 0. The number of carbonyl (C=O) groups excluding carboxylic acids is 1. The molecular formula is C10H22N2O. The fraction of sp³-hybridized carbons (Fsp3) is 0.900. The van der Waals surface area contributed by atoms with Crippen molar-refractivity contribution in [1.82, 2.24) is 4.90 Å². The van der Waals surface area contributed by atoms with Gasteiger partial charge in [-0.25, -0.2) is 0 Å². The maximum atomic E-state index is 11.2. The molecule has 0 unspecified atom stereocenters. The van der Waals surface area contributed by atoms with Crippen molar-refractivity contribution in [2.75, 3.05) is 19.6 Å². The molecule has 2 N–H and O–H groups in total. The van der Waals surface area contributed by atoms with Crippen molar-refractivity contribution in [3.05, 3.63) is 0 Å². The van der Waals surface area contributed by atoms with E-state index in [2.05, 4.69) is 18.7 Å². The number of hydrogen-bond donors (Lipinski definition) is 1. The Bertz CT molecular complexity index is 144. The quantitative estimate of drug-likeness (QED) is 0.646. The molecule has 0 aromatic heterocycles. The number of hydrogen-bond acceptors (Lipinski definition) is 3. The summed E-state index contributed by atoms with van der Waals surface area (Å²) in [5.41, 5.74) is 5.71. The van der Waals surface area contributed by atoms with Crippen LogP contribution in [0.15, 0.2) is 0 Å². The van der Waals surface area contributed by atoms with Crippen LogP contribution in [0.25, 0.3) is 0 Å². The summed E-state index contributed by atoms with van der Waals surface area (Å²) in [5, 5.41) is 0. The van der Waals surface area contributed by atoms with Gasteiger partial charge in [0.05, 0.1) is 6.04 Å². The molecule has 0 aliphatic heterocycles. The van der Waals surface area contributed by atoms with Gasteiger partial charge in [0.1, 0.15) is 5.78 Å². The first kappa shape index (κ1) is 12.6. The smallest absolute Gasteiger partial charge is 0.149 e. The molecule has 78 valence electrons. The van der Waals surface area contributed by atoms with Gasteiger partial charge in [-0.3, -0.25) is 4.79 Å². The topological polar surface area (TPSA) is 46.3 Å². The minimum atomic E-state index is -0.259. The van der Waals surface area contributed by atoms with E-state index in [4.69, 9.17) is 5.73 Å². The number of ketones is 1. The lowest BCUT2D eigenvalue weighted by molar-refractivity contribution is -0.120. The van der Waals surface area contributed by atoms with E-state index in [0.717, 1.165) is 26.1 Å². The van der Waals surface area contributed by atoms with Crippen LogP contribution in [0.3, 0.4) is 0 Å². The average molecular weight is 186 g/mol. The van der Waals surface area contributed by atoms with Crippen molar-refractivity contribution in [1.29, 1.82) is 0 Å². The maximum Gasteiger partial charge on any atom is 0.149 e. The predicted octanol–water partition coefficient (Wildman–Crippen LogP) is 1.02. The summed E-state index contributed by atoms with van der Waals surface area (Å²) in [6, 6.07) is -0.259. The van der Waals surface area contributed by atoms with Crippen molar-refractivity contribution in [3.8, 4) is 0 Å². The van der Waals surface area contributed by atoms with Gasteiger partial charge in [0.25, 0.3) is 0 Å². The molecule has 0 saturated heterocycles. The lowest BCUT2D eigenvalue weighted by atomic mass is 10.1. The highest BCUT2D eigenvalue weighted by atomic mass is 16.1. The van der Waals surface area contributed by atoms with E-state index >= 15 is 0 Å². The molecule has 0 aliphatic rings. The first-order valence-corrected chi connectivity index (χ1v) is 5.16. The van der Waals surface area contributed by atoms with E-state index in [0.29, 0.717) is 6.42 Å². The molecule has 0 aliphatic carbocycles. The standard InChI is InChI=1S/C10H22N2O/c1-4-10(13)9(11)7-8-12(5-2)6-3/h9H,4-8,11H2,1-3H3/t9-/m1/s1. The van der Waals surface area contributed by atoms with E-state index in [9.17, 15) is 4.79 Å². The molecule has 13 heavy (non-hydrogen) atoms. The fourth-order valence-corrected chi connectivity index (χ4v) is 1.28. The Labute approximate surface area is 81.3 Å². The van der Waals surface area contributed by atoms with Crippen LogP contribution in [0, 0.1) is 0 Å². The van der Waals surface area contributed by atoms with E-state index in [1.54, 1.807) is 0 Å². The summed E-state index contributed by atoms with van der Waals surface area (Å²) in [5.74, 6) is 0.173. The lowest BCUT2D eigenvalue weighted by Crippen LogP contribution is -2.35. The van der Waals surface area contributed by atoms with Crippen LogP contribution in [-0.2, 0) is 4.79 Å². The van der Waals surface area contributed by atoms with Crippen LogP contribution in [0.5, 0.6) is 0 Å². The van der Waals surface area contributed by atoms with E-state index in [1.807, 2.05) is 6.92 Å². The first-order chi connectivity index (χ1) is 6.15. The van der Waals surface area contributed by atoms with Gasteiger partial charge in [-0.2, -0.15) is 0 Å². The third-order valence-electron chi connectivity index (χ3n) is 2.41. The Kier molecular flexibility index (Phi) is 6.82. The molecule has 0 aromatic carbocycles. The Morgan fingerprint density at radius 1 is 1.31 bits per heavy atom. The van der Waals surface area contributed by atoms with Crippen LogP contribution in [0.1, 0.15) is 33.6 Å². The van der Waals surface area contributed by atoms with Gasteiger partial charge in [-0.05, 0) is 19.5 Å². The van der Waals surface area contributed by atoms with Crippen molar-refractivity contribution in [2.45, 2.75) is 39.7 Å². The second kappa shape index (κ2) is 7.04. The number of carbonyl (C=O) groups is 1. The Balaban J connectivity index is 3.67. The van der Waals surface area contributed by atoms with Gasteiger partial charge in [0.2, 0.25) is 0 Å². The molecule has 0 saturated carbocycles. The van der Waals surface area contributed by atoms with Gasteiger partial charge in [-0.1, -0.05) is 20.8 Å². The number of nitrogens with two attached hydrogens (primary N) is 1. The Hall–Kier alpha value is -0.410. The SMILES string of the molecule is CCC(=O)[C@H](N)CCN(CC)CC. The normalized spacial score (nSPS) is 13.3. The molecular weight excluding hydrogens is 164 g/mol. The molecule has 0 heterocycles. The van der Waals surface area contributed by atoms with Gasteiger partial charge in [0.15, 0.2) is 0 Å². The van der Waals surface area contributed by atoms with Crippen molar-refractivity contribution < 1.29 is 4.79 Å². The third-order valence-corrected chi connectivity index (χ3v) is 2.41. The molecule has 0 spiro atoms. The van der Waals surface area contributed by atoms with E-state index in [1.165, 1.54) is 0 Å². The summed E-state index contributed by atoms with van der Waals surface area (Å²) >= 11 is 0. The van der Waals surface area contributed by atoms with Gasteiger partial charge in [-0.15, -0.1) is 0 Å². The highest BCUT2D eigenvalue weighted by Gasteiger charge is 2.11. The zero-order chi connectivity index (χ0) is 10.3. The number of nitrogens with zero attached hydrogens (tertiary/aromatic N) is 1. The number of rotatable bonds is 7. The second-order valence-electron chi connectivity index (χ2n) is 3.24. The van der Waals surface area contributed by atoms with Crippen LogP contribution >= 0.6 is 0 Å². The lowest BCUT2D eigenvalue weighted by Gasteiger charge is -2.19. The molecule has 0 amide bonds. The predicted molar refractivity (Wildman–Crippen MR) is 55.7 cm³/mol. The zero-order valence-corrected chi connectivity index (χ0v) is 9.05. The van der Waals surface area contributed by atoms with Gasteiger partial charge >= 0.3 is 0 Å². The van der Waals surface area contributed by atoms with E-state index in [-0.39, 0.29) is 11.8 Å². The van der Waals surface area contributed by atoms with Crippen molar-refractivity contribution in [3.63, 3.8) is 0 Å². The van der Waals surface area contributed by atoms with E-state index < -0.39 is 0 Å². The zero-order valence-electron chi connectivity index (χ0n) is 9.05. The Morgan fingerprint density at radius 3 is 2.23 bits per heavy atom. The van der Waals surface area contributed by atoms with Crippen molar-refractivity contribution >= 4 is 5.78 Å². The first-order valence-electron chi connectivity index (χ1n) is 5.16. The maximum absolute atomic E-state index is 11.2. The highest BCUT2D eigenvalue weighted by molar-refractivity contribution is 5.83. The minimum Gasteiger partial charge on any atom is -0.321 e. The summed E-state index contributed by atoms with van der Waals surface area (Å²) < 4.78 is 0. The fourth-order valence-electron chi connectivity index (χ4n) is 1.28. The molecule has 0 bridgehead atoms. The summed E-state index contributed by atoms with van der Waals surface area (Å²) in [6.45, 7) is 9.10. The molecule has 0 rings (SSSR count). The molecule has 0 fully saturated rings. The third kappa shape index (κ3) is 5.01. The Morgan fingerprint density at radius 2 is 1.85 bits per heavy atom. The van der Waals surface area contributed by atoms with Crippen molar-refractivity contribution in [2.24, 2.45) is 5.73 Å². The molecule has 0 aromatic rings. The second-order valence-corrected chi connectivity index (χ2v) is 3.24. The van der Waals surface area contributed by atoms with Crippen LogP contribution < -0.4 is 5.73 Å². The van der Waals surface area contributed by atoms with Crippen LogP contribution in [0.4, 0.5) is 0 Å². The largest absolute Gasteiger partial charge is 0.321 e. The molecule has 0 radical (unpaired) electrons. The minimum absolute atomic E-state index is 0.173. The summed E-state index contributed by atoms with van der Waals surface area (Å²) in [4.78, 5) is 13.4. The monoisotopic (exact) mass is 186 g/mol. The molecule has 3 nitrogen and oxygen atoms in total. The average Bonchev–Trinajstić information content (AvgIpc) is 2.17. The van der Waals surface area contributed by atoms with Crippen LogP contribution in [-0.4, -0.2) is 36.4 Å². The van der Waals surface area contributed by atoms with Gasteiger partial charge < -0.3 is 10.6 Å². The number of Topliss-reactive ketones (excluding diaryl/α,β-unsaturated/α-hetero) is 1.